The van der Waals surface area contributed by atoms with Gasteiger partial charge in [-0.05, 0) is 86.1 Å². The van der Waals surface area contributed by atoms with Crippen molar-refractivity contribution in [1.29, 1.82) is 0 Å². The Morgan fingerprint density at radius 3 is 2.63 bits per heavy atom. The molecule has 0 radical (unpaired) electrons. The Balaban J connectivity index is 1.55. The van der Waals surface area contributed by atoms with Gasteiger partial charge < -0.3 is 15.0 Å². The van der Waals surface area contributed by atoms with Gasteiger partial charge in [0.15, 0.2) is 0 Å². The number of nitrogens with zero attached hydrogens (tertiary/aromatic N) is 1. The van der Waals surface area contributed by atoms with Crippen LogP contribution in [-0.2, 0) is 6.54 Å². The first-order chi connectivity index (χ1) is 14.7. The molecule has 0 spiro atoms. The number of nitrogens with one attached hydrogen (secondary N) is 1. The van der Waals surface area contributed by atoms with Gasteiger partial charge in [-0.25, -0.2) is 0 Å². The topological polar surface area (TPSA) is 24.5 Å². The fraction of sp³-hybridized carbons (Fsp3) is 0.520. The normalized spacial score (nSPS) is 21.2. The Kier molecular flexibility index (Phi) is 7.34. The van der Waals surface area contributed by atoms with Crippen molar-refractivity contribution in [1.82, 2.24) is 10.2 Å². The molecule has 1 saturated heterocycles. The predicted molar refractivity (Wildman–Crippen MR) is 123 cm³/mol. The second-order valence-corrected chi connectivity index (χ2v) is 9.48. The van der Waals surface area contributed by atoms with E-state index < -0.39 is 0 Å². The monoisotopic (exact) mass is 428 g/mol. The molecule has 4 rings (SSSR count). The molecule has 2 aromatic carbocycles. The molecule has 30 heavy (non-hydrogen) atoms. The number of likely N-dealkylation sites (N-methyl/N-ethyl adjacent to an activating group) is 1. The summed E-state index contributed by atoms with van der Waals surface area (Å²) in [6.45, 7) is 3.63. The molecule has 1 N–H and O–H groups in total. The number of benzene rings is 2. The van der Waals surface area contributed by atoms with E-state index in [-0.39, 0.29) is 12.8 Å². The van der Waals surface area contributed by atoms with Crippen molar-refractivity contribution in [3.63, 3.8) is 0 Å². The Morgan fingerprint density at radius 2 is 1.93 bits per heavy atom. The van der Waals surface area contributed by atoms with E-state index >= 15 is 0 Å². The number of thioether (sulfide) groups is 1. The molecule has 3 nitrogen and oxygen atoms in total. The molecule has 2 aromatic rings. The molecule has 2 heterocycles. The molecule has 1 fully saturated rings. The molecule has 5 heteroatoms. The Hall–Kier alpha value is -1.56. The molecule has 2 unspecified atom stereocenters. The van der Waals surface area contributed by atoms with Crippen LogP contribution in [-0.4, -0.2) is 50.6 Å². The van der Waals surface area contributed by atoms with Crippen molar-refractivity contribution >= 4 is 11.8 Å². The van der Waals surface area contributed by atoms with Crippen LogP contribution in [0.15, 0.2) is 47.4 Å². The summed E-state index contributed by atoms with van der Waals surface area (Å²) in [5.41, 5.74) is 4.07. The molecule has 0 aromatic heterocycles. The van der Waals surface area contributed by atoms with Crippen LogP contribution < -0.4 is 10.1 Å². The predicted octanol–water partition coefficient (Wildman–Crippen LogP) is 5.09. The van der Waals surface area contributed by atoms with Gasteiger partial charge >= 0.3 is 0 Å². The summed E-state index contributed by atoms with van der Waals surface area (Å²) in [5.74, 6) is 1.69. The second kappa shape index (κ2) is 10.2. The molecule has 0 amide bonds. The van der Waals surface area contributed by atoms with Crippen molar-refractivity contribution in [3.05, 3.63) is 59.2 Å². The number of halogens is 1. The van der Waals surface area contributed by atoms with Gasteiger partial charge in [-0.1, -0.05) is 18.2 Å². The molecule has 2 aliphatic rings. The maximum Gasteiger partial charge on any atom is 0.120 e. The first kappa shape index (κ1) is 21.7. The highest BCUT2D eigenvalue weighted by molar-refractivity contribution is 7.98. The minimum absolute atomic E-state index is 0.0358. The lowest BCUT2D eigenvalue weighted by Crippen LogP contribution is -2.37. The lowest BCUT2D eigenvalue weighted by molar-refractivity contribution is 0.0964. The highest BCUT2D eigenvalue weighted by Crippen LogP contribution is 2.36. The number of hydrogen-bond acceptors (Lipinski definition) is 4. The number of ether oxygens (including phenoxy) is 1. The van der Waals surface area contributed by atoms with E-state index in [4.69, 9.17) is 4.74 Å². The van der Waals surface area contributed by atoms with Crippen LogP contribution in [0.2, 0.25) is 0 Å². The van der Waals surface area contributed by atoms with E-state index in [1.807, 2.05) is 0 Å². The Bertz CT molecular complexity index is 822. The zero-order valence-corrected chi connectivity index (χ0v) is 18.9. The Morgan fingerprint density at radius 1 is 1.17 bits per heavy atom. The standard InChI is InChI=1S/C25H33FN2OS/c1-28-16-20-15-21(29-25(9-12-26)19-10-13-27-14-11-19)5-8-23(20)24(17-28)18-3-6-22(30-2)7-4-18/h3-8,15,19,24-25,27H,9-14,16-17H2,1-2H3. The molecule has 0 saturated carbocycles. The van der Waals surface area contributed by atoms with E-state index in [9.17, 15) is 4.39 Å². The number of rotatable bonds is 7. The first-order valence-corrected chi connectivity index (χ1v) is 12.3. The van der Waals surface area contributed by atoms with Crippen LogP contribution >= 0.6 is 11.8 Å². The average molecular weight is 429 g/mol. The van der Waals surface area contributed by atoms with Crippen molar-refractivity contribution in [2.24, 2.45) is 5.92 Å². The lowest BCUT2D eigenvalue weighted by Gasteiger charge is -2.34. The van der Waals surface area contributed by atoms with Crippen LogP contribution in [0.1, 0.15) is 41.9 Å². The van der Waals surface area contributed by atoms with E-state index in [0.717, 1.165) is 44.8 Å². The van der Waals surface area contributed by atoms with Crippen LogP contribution in [0.25, 0.3) is 0 Å². The number of alkyl halides is 1. The van der Waals surface area contributed by atoms with Gasteiger partial charge in [-0.15, -0.1) is 11.8 Å². The third-order valence-electron chi connectivity index (χ3n) is 6.53. The molecule has 162 valence electrons. The van der Waals surface area contributed by atoms with Gasteiger partial charge in [0.2, 0.25) is 0 Å². The summed E-state index contributed by atoms with van der Waals surface area (Å²) >= 11 is 1.78. The number of hydrogen-bond donors (Lipinski definition) is 1. The second-order valence-electron chi connectivity index (χ2n) is 8.60. The Labute approximate surface area is 184 Å². The highest BCUT2D eigenvalue weighted by atomic mass is 32.2. The minimum Gasteiger partial charge on any atom is -0.490 e. The first-order valence-electron chi connectivity index (χ1n) is 11.1. The van der Waals surface area contributed by atoms with Crippen LogP contribution in [0.5, 0.6) is 5.75 Å². The van der Waals surface area contributed by atoms with Gasteiger partial charge in [0.05, 0.1) is 6.67 Å². The van der Waals surface area contributed by atoms with E-state index in [2.05, 4.69) is 66.0 Å². The van der Waals surface area contributed by atoms with E-state index in [0.29, 0.717) is 18.3 Å². The van der Waals surface area contributed by atoms with Crippen LogP contribution in [0.3, 0.4) is 0 Å². The summed E-state index contributed by atoms with van der Waals surface area (Å²) in [7, 11) is 2.18. The van der Waals surface area contributed by atoms with Crippen molar-refractivity contribution < 1.29 is 9.13 Å². The van der Waals surface area contributed by atoms with Crippen molar-refractivity contribution in [3.8, 4) is 5.75 Å². The fourth-order valence-corrected chi connectivity index (χ4v) is 5.32. The van der Waals surface area contributed by atoms with Gasteiger partial charge in [0, 0.05) is 30.3 Å². The van der Waals surface area contributed by atoms with E-state index in [1.54, 1.807) is 11.8 Å². The SMILES string of the molecule is CSc1ccc(C2CN(C)Cc3cc(OC(CCF)C4CCNCC4)ccc32)cc1. The number of piperidine rings is 1. The lowest BCUT2D eigenvalue weighted by atomic mass is 9.84. The molecule has 0 bridgehead atoms. The molecular weight excluding hydrogens is 395 g/mol. The van der Waals surface area contributed by atoms with Crippen LogP contribution in [0, 0.1) is 5.92 Å². The average Bonchev–Trinajstić information content (AvgIpc) is 2.78. The van der Waals surface area contributed by atoms with Crippen LogP contribution in [0.4, 0.5) is 4.39 Å². The summed E-state index contributed by atoms with van der Waals surface area (Å²) < 4.78 is 19.6. The van der Waals surface area contributed by atoms with Gasteiger partial charge in [0.1, 0.15) is 11.9 Å². The highest BCUT2D eigenvalue weighted by Gasteiger charge is 2.28. The number of fused-ring (bicyclic) bond motifs is 1. The largest absolute Gasteiger partial charge is 0.490 e. The molecule has 2 aliphatic heterocycles. The molecule has 2 atom stereocenters. The fourth-order valence-electron chi connectivity index (χ4n) is 4.91. The zero-order valence-electron chi connectivity index (χ0n) is 18.1. The summed E-state index contributed by atoms with van der Waals surface area (Å²) in [4.78, 5) is 3.68. The maximum atomic E-state index is 13.2. The smallest absolute Gasteiger partial charge is 0.120 e. The van der Waals surface area contributed by atoms with E-state index in [1.165, 1.54) is 21.6 Å². The van der Waals surface area contributed by atoms with Crippen molar-refractivity contribution in [2.45, 2.75) is 42.7 Å². The summed E-state index contributed by atoms with van der Waals surface area (Å²) in [6, 6.07) is 15.5. The van der Waals surface area contributed by atoms with Gasteiger partial charge in [-0.3, -0.25) is 4.39 Å². The minimum atomic E-state index is -0.323. The third-order valence-corrected chi connectivity index (χ3v) is 7.28. The summed E-state index contributed by atoms with van der Waals surface area (Å²) in [5, 5.41) is 3.39. The zero-order chi connectivity index (χ0) is 20.9. The molecule has 0 aliphatic carbocycles. The third kappa shape index (κ3) is 5.01. The molecular formula is C25H33FN2OS. The van der Waals surface area contributed by atoms with Gasteiger partial charge in [0.25, 0.3) is 0 Å². The van der Waals surface area contributed by atoms with Gasteiger partial charge in [-0.2, -0.15) is 0 Å². The summed E-state index contributed by atoms with van der Waals surface area (Å²) in [6.07, 6.45) is 4.68. The maximum absolute atomic E-state index is 13.2. The quantitative estimate of drug-likeness (QED) is 0.621. The van der Waals surface area contributed by atoms with Crippen molar-refractivity contribution in [2.75, 3.05) is 39.6 Å².